The van der Waals surface area contributed by atoms with E-state index in [4.69, 9.17) is 0 Å². The number of ketones is 3. The molecule has 1 aliphatic carbocycles. The van der Waals surface area contributed by atoms with Crippen LogP contribution in [-0.4, -0.2) is 34.4 Å². The normalized spacial score (nSPS) is 22.9. The number of nitro benzene ring substituents is 1. The first kappa shape index (κ1) is 22.0. The Hall–Kier alpha value is -4.46. The Kier molecular flexibility index (Phi) is 4.60. The topological polar surface area (TPSA) is 97.6 Å². The van der Waals surface area contributed by atoms with Crippen LogP contribution in [0.5, 0.6) is 0 Å². The number of Topliss-reactive ketones (excluding diaryl/α,β-unsaturated/α-hetero) is 3. The van der Waals surface area contributed by atoms with Crippen molar-refractivity contribution in [1.82, 2.24) is 0 Å². The van der Waals surface area contributed by atoms with E-state index in [2.05, 4.69) is 0 Å². The maximum absolute atomic E-state index is 14.2. The molecule has 8 heteroatoms. The molecular weight excluding hydrogens is 463 g/mol. The largest absolute Gasteiger partial charge is 0.352 e. The van der Waals surface area contributed by atoms with Gasteiger partial charge in [0, 0.05) is 40.4 Å². The number of carbonyl (C=O) groups is 3. The third-order valence-electron chi connectivity index (χ3n) is 7.65. The fraction of sp³-hybridized carbons (Fsp3) is 0.179. The lowest BCUT2D eigenvalue weighted by atomic mass is 9.64. The van der Waals surface area contributed by atoms with Crippen molar-refractivity contribution in [3.63, 3.8) is 0 Å². The molecule has 0 radical (unpaired) electrons. The Morgan fingerprint density at radius 2 is 1.64 bits per heavy atom. The van der Waals surface area contributed by atoms with Crippen molar-refractivity contribution < 1.29 is 23.7 Å². The quantitative estimate of drug-likeness (QED) is 0.303. The van der Waals surface area contributed by atoms with Crippen molar-refractivity contribution in [1.29, 1.82) is 0 Å². The van der Waals surface area contributed by atoms with Crippen molar-refractivity contribution in [2.45, 2.75) is 24.9 Å². The summed E-state index contributed by atoms with van der Waals surface area (Å²) in [5.41, 5.74) is 0.321. The third-order valence-corrected chi connectivity index (χ3v) is 7.65. The van der Waals surface area contributed by atoms with E-state index in [9.17, 15) is 28.9 Å². The molecule has 0 amide bonds. The molecule has 3 atom stereocenters. The Bertz CT molecular complexity index is 1490. The van der Waals surface area contributed by atoms with Crippen LogP contribution in [0.2, 0.25) is 0 Å². The average Bonchev–Trinajstić information content (AvgIpc) is 3.30. The fourth-order valence-electron chi connectivity index (χ4n) is 6.28. The molecule has 6 rings (SSSR count). The smallest absolute Gasteiger partial charge is 0.269 e. The minimum Gasteiger partial charge on any atom is -0.352 e. The second kappa shape index (κ2) is 7.52. The van der Waals surface area contributed by atoms with Gasteiger partial charge in [0.1, 0.15) is 11.2 Å². The Balaban J connectivity index is 1.66. The van der Waals surface area contributed by atoms with Gasteiger partial charge in [-0.1, -0.05) is 48.6 Å². The summed E-state index contributed by atoms with van der Waals surface area (Å²) in [4.78, 5) is 54.2. The zero-order valence-corrected chi connectivity index (χ0v) is 19.1. The fourth-order valence-corrected chi connectivity index (χ4v) is 6.28. The first-order valence-corrected chi connectivity index (χ1v) is 11.5. The van der Waals surface area contributed by atoms with Gasteiger partial charge < -0.3 is 4.90 Å². The van der Waals surface area contributed by atoms with Crippen LogP contribution in [0.4, 0.5) is 15.8 Å². The van der Waals surface area contributed by atoms with Gasteiger partial charge in [-0.05, 0) is 30.7 Å². The lowest BCUT2D eigenvalue weighted by Crippen LogP contribution is -2.48. The maximum Gasteiger partial charge on any atom is 0.269 e. The standard InChI is InChI=1S/C28H19FN2O5/c1-15(32)25-24(16-6-10-19(11-7-16)31(35)36)28(26(33)20-4-2-3-5-21(20)27(28)34)23-13-8-17-14-18(29)9-12-22(17)30(23)25/h2-14,23-25H,1H3/t23-,24-,25-/m1/s1. The van der Waals surface area contributed by atoms with Gasteiger partial charge in [-0.2, -0.15) is 0 Å². The van der Waals surface area contributed by atoms with Gasteiger partial charge in [0.15, 0.2) is 17.3 Å². The van der Waals surface area contributed by atoms with E-state index in [-0.39, 0.29) is 34.2 Å². The van der Waals surface area contributed by atoms with Crippen LogP contribution >= 0.6 is 0 Å². The van der Waals surface area contributed by atoms with Gasteiger partial charge >= 0.3 is 0 Å². The molecule has 3 aromatic rings. The number of benzene rings is 3. The van der Waals surface area contributed by atoms with Crippen molar-refractivity contribution >= 4 is 34.8 Å². The minimum atomic E-state index is -1.67. The third kappa shape index (κ3) is 2.69. The number of non-ortho nitro benzene ring substituents is 1. The van der Waals surface area contributed by atoms with E-state index in [0.717, 1.165) is 0 Å². The van der Waals surface area contributed by atoms with Gasteiger partial charge in [-0.25, -0.2) is 4.39 Å². The highest BCUT2D eigenvalue weighted by Gasteiger charge is 2.71. The first-order valence-electron chi connectivity index (χ1n) is 11.5. The zero-order chi connectivity index (χ0) is 25.4. The molecular formula is C28H19FN2O5. The number of anilines is 1. The molecule has 0 bridgehead atoms. The van der Waals surface area contributed by atoms with E-state index in [0.29, 0.717) is 16.8 Å². The van der Waals surface area contributed by atoms with Gasteiger partial charge in [0.05, 0.1) is 17.0 Å². The van der Waals surface area contributed by atoms with E-state index in [1.807, 2.05) is 0 Å². The molecule has 1 spiro atoms. The first-order chi connectivity index (χ1) is 17.3. The SMILES string of the molecule is CC(=O)[C@@H]1[C@@H](c2ccc([N+](=O)[O-])cc2)C2(C(=O)c3ccccc3C2=O)[C@H]2C=Cc3cc(F)ccc3N12. The monoisotopic (exact) mass is 482 g/mol. The molecule has 1 fully saturated rings. The summed E-state index contributed by atoms with van der Waals surface area (Å²) < 4.78 is 14.1. The van der Waals surface area contributed by atoms with Crippen molar-refractivity contribution in [2.24, 2.45) is 5.41 Å². The predicted molar refractivity (Wildman–Crippen MR) is 130 cm³/mol. The molecule has 2 aliphatic heterocycles. The number of carbonyl (C=O) groups excluding carboxylic acids is 3. The van der Waals surface area contributed by atoms with Crippen LogP contribution in [0.15, 0.2) is 72.8 Å². The van der Waals surface area contributed by atoms with Crippen molar-refractivity contribution in [2.75, 3.05) is 4.90 Å². The summed E-state index contributed by atoms with van der Waals surface area (Å²) in [5.74, 6) is -2.42. The van der Waals surface area contributed by atoms with E-state index >= 15 is 0 Å². The summed E-state index contributed by atoms with van der Waals surface area (Å²) >= 11 is 0. The summed E-state index contributed by atoms with van der Waals surface area (Å²) in [6.45, 7) is 1.40. The molecule has 3 aromatic carbocycles. The summed E-state index contributed by atoms with van der Waals surface area (Å²) in [6.07, 6.45) is 3.38. The molecule has 36 heavy (non-hydrogen) atoms. The molecule has 0 N–H and O–H groups in total. The molecule has 0 saturated carbocycles. The van der Waals surface area contributed by atoms with Crippen LogP contribution in [0.25, 0.3) is 6.08 Å². The molecule has 3 aliphatic rings. The number of nitro groups is 1. The highest BCUT2D eigenvalue weighted by Crippen LogP contribution is 2.60. The molecule has 7 nitrogen and oxygen atoms in total. The highest BCUT2D eigenvalue weighted by atomic mass is 19.1. The number of rotatable bonds is 3. The molecule has 2 heterocycles. The van der Waals surface area contributed by atoms with E-state index in [1.165, 1.54) is 43.3 Å². The molecule has 1 saturated heterocycles. The van der Waals surface area contributed by atoms with E-state index < -0.39 is 34.2 Å². The number of halogens is 1. The Morgan fingerprint density at radius 1 is 1.00 bits per heavy atom. The number of nitrogens with zero attached hydrogens (tertiary/aromatic N) is 2. The Morgan fingerprint density at radius 3 is 2.22 bits per heavy atom. The summed E-state index contributed by atoms with van der Waals surface area (Å²) in [6, 6.07) is 14.7. The second-order valence-corrected chi connectivity index (χ2v) is 9.37. The Labute approximate surface area is 205 Å². The van der Waals surface area contributed by atoms with Crippen molar-refractivity contribution in [3.8, 4) is 0 Å². The minimum absolute atomic E-state index is 0.143. The maximum atomic E-state index is 14.2. The zero-order valence-electron chi connectivity index (χ0n) is 19.1. The van der Waals surface area contributed by atoms with Gasteiger partial charge in [0.25, 0.3) is 5.69 Å². The van der Waals surface area contributed by atoms with Crippen LogP contribution in [0.3, 0.4) is 0 Å². The number of hydrogen-bond acceptors (Lipinski definition) is 6. The van der Waals surface area contributed by atoms with Crippen LogP contribution in [-0.2, 0) is 4.79 Å². The van der Waals surface area contributed by atoms with Crippen molar-refractivity contribution in [3.05, 3.63) is 111 Å². The van der Waals surface area contributed by atoms with E-state index in [1.54, 1.807) is 47.4 Å². The van der Waals surface area contributed by atoms with Crippen LogP contribution < -0.4 is 4.90 Å². The van der Waals surface area contributed by atoms with Crippen LogP contribution in [0, 0.1) is 21.3 Å². The average molecular weight is 482 g/mol. The number of fused-ring (bicyclic) bond motifs is 5. The van der Waals surface area contributed by atoms with Gasteiger partial charge in [0.2, 0.25) is 0 Å². The molecule has 0 aromatic heterocycles. The number of hydrogen-bond donors (Lipinski definition) is 0. The second-order valence-electron chi connectivity index (χ2n) is 9.37. The predicted octanol–water partition coefficient (Wildman–Crippen LogP) is 4.76. The molecule has 178 valence electrons. The summed E-state index contributed by atoms with van der Waals surface area (Å²) in [5, 5.41) is 11.3. The highest BCUT2D eigenvalue weighted by molar-refractivity contribution is 6.32. The molecule has 0 unspecified atom stereocenters. The van der Waals surface area contributed by atoms with Gasteiger partial charge in [-0.3, -0.25) is 24.5 Å². The van der Waals surface area contributed by atoms with Gasteiger partial charge in [-0.15, -0.1) is 0 Å². The lowest BCUT2D eigenvalue weighted by Gasteiger charge is -2.37. The van der Waals surface area contributed by atoms with Crippen LogP contribution in [0.1, 0.15) is 44.7 Å². The summed E-state index contributed by atoms with van der Waals surface area (Å²) in [7, 11) is 0. The lowest BCUT2D eigenvalue weighted by molar-refractivity contribution is -0.384.